The Hall–Kier alpha value is -1.39. The van der Waals surface area contributed by atoms with E-state index < -0.39 is 11.5 Å². The van der Waals surface area contributed by atoms with E-state index in [1.54, 1.807) is 0 Å². The molecule has 1 heterocycles. The normalized spacial score (nSPS) is 9.44. The first-order chi connectivity index (χ1) is 4.20. The molecule has 0 aliphatic heterocycles. The van der Waals surface area contributed by atoms with Gasteiger partial charge in [-0.25, -0.2) is 13.9 Å². The molecule has 9 heavy (non-hydrogen) atoms. The molecule has 2 N–H and O–H groups in total. The zero-order valence-corrected chi connectivity index (χ0v) is 4.41. The van der Waals surface area contributed by atoms with Crippen LogP contribution in [0.1, 0.15) is 0 Å². The van der Waals surface area contributed by atoms with Gasteiger partial charge in [0.25, 0.3) is 0 Å². The van der Waals surface area contributed by atoms with E-state index in [0.717, 1.165) is 12.4 Å². The summed E-state index contributed by atoms with van der Waals surface area (Å²) in [6.45, 7) is 0. The number of nitrogens with two attached hydrogens (primary N) is 1. The summed E-state index contributed by atoms with van der Waals surface area (Å²) in [5, 5.41) is 0. The van der Waals surface area contributed by atoms with Crippen molar-refractivity contribution in [3.8, 4) is 0 Å². The Morgan fingerprint density at radius 1 is 1.78 bits per heavy atom. The third-order valence-electron chi connectivity index (χ3n) is 0.782. The Kier molecular flexibility index (Phi) is 1.18. The summed E-state index contributed by atoms with van der Waals surface area (Å²) in [4.78, 5) is 13.4. The molecule has 1 aromatic heterocycles. The van der Waals surface area contributed by atoms with Crippen LogP contribution in [0.3, 0.4) is 0 Å². The molecule has 0 radical (unpaired) electrons. The molecule has 0 aliphatic rings. The van der Waals surface area contributed by atoms with Crippen LogP contribution in [0.2, 0.25) is 0 Å². The second kappa shape index (κ2) is 1.85. The molecular formula is C4H4FN3O. The van der Waals surface area contributed by atoms with Crippen molar-refractivity contribution in [2.75, 3.05) is 5.84 Å². The zero-order chi connectivity index (χ0) is 6.85. The topological polar surface area (TPSA) is 60.9 Å². The molecule has 1 aromatic rings. The van der Waals surface area contributed by atoms with E-state index in [4.69, 9.17) is 5.84 Å². The summed E-state index contributed by atoms with van der Waals surface area (Å²) in [7, 11) is 0. The number of halogens is 1. The highest BCUT2D eigenvalue weighted by Gasteiger charge is 1.91. The molecule has 0 aromatic carbocycles. The highest BCUT2D eigenvalue weighted by Crippen LogP contribution is 1.83. The first-order valence-corrected chi connectivity index (χ1v) is 2.19. The first-order valence-electron chi connectivity index (χ1n) is 2.19. The number of hydrogen-bond acceptors (Lipinski definition) is 3. The fourth-order valence-corrected chi connectivity index (χ4v) is 0.405. The first kappa shape index (κ1) is 5.74. The molecule has 0 atom stereocenters. The van der Waals surface area contributed by atoms with Gasteiger partial charge >= 0.3 is 5.69 Å². The van der Waals surface area contributed by atoms with Gasteiger partial charge in [0.05, 0.1) is 12.4 Å². The molecule has 0 amide bonds. The zero-order valence-electron chi connectivity index (χ0n) is 4.41. The maximum absolute atomic E-state index is 12.0. The van der Waals surface area contributed by atoms with Crippen molar-refractivity contribution < 1.29 is 4.39 Å². The lowest BCUT2D eigenvalue weighted by atomic mass is 10.6. The van der Waals surface area contributed by atoms with Gasteiger partial charge in [0.2, 0.25) is 0 Å². The Morgan fingerprint density at radius 2 is 2.44 bits per heavy atom. The molecule has 5 heteroatoms. The van der Waals surface area contributed by atoms with Crippen LogP contribution in [0, 0.1) is 5.82 Å². The summed E-state index contributed by atoms with van der Waals surface area (Å²) in [6.07, 6.45) is 1.67. The summed E-state index contributed by atoms with van der Waals surface area (Å²) in [5.41, 5.74) is -0.670. The lowest BCUT2D eigenvalue weighted by Crippen LogP contribution is -2.28. The van der Waals surface area contributed by atoms with E-state index in [-0.39, 0.29) is 0 Å². The Bertz CT molecular complexity index is 269. The van der Waals surface area contributed by atoms with Crippen LogP contribution >= 0.6 is 0 Å². The van der Waals surface area contributed by atoms with Gasteiger partial charge in [-0.05, 0) is 0 Å². The van der Waals surface area contributed by atoms with Crippen molar-refractivity contribution in [2.24, 2.45) is 0 Å². The monoisotopic (exact) mass is 129 g/mol. The fraction of sp³-hybridized carbons (Fsp3) is 0. The van der Waals surface area contributed by atoms with Gasteiger partial charge in [0.1, 0.15) is 0 Å². The molecule has 0 aliphatic carbocycles. The van der Waals surface area contributed by atoms with Crippen LogP contribution in [0.15, 0.2) is 17.2 Å². The van der Waals surface area contributed by atoms with Crippen molar-refractivity contribution in [1.82, 2.24) is 9.66 Å². The van der Waals surface area contributed by atoms with Crippen LogP contribution in [0.5, 0.6) is 0 Å². The van der Waals surface area contributed by atoms with E-state index in [2.05, 4.69) is 4.98 Å². The number of rotatable bonds is 0. The standard InChI is InChI=1S/C4H4FN3O/c5-3-1-7-4(9)8(6)2-3/h1-2H,6H2. The molecule has 0 fully saturated rings. The van der Waals surface area contributed by atoms with Gasteiger partial charge in [-0.1, -0.05) is 0 Å². The van der Waals surface area contributed by atoms with Crippen LogP contribution in [0.4, 0.5) is 4.39 Å². The van der Waals surface area contributed by atoms with Crippen molar-refractivity contribution in [3.05, 3.63) is 28.7 Å². The highest BCUT2D eigenvalue weighted by molar-refractivity contribution is 4.84. The number of nitrogen functional groups attached to an aromatic ring is 1. The largest absolute Gasteiger partial charge is 0.366 e. The van der Waals surface area contributed by atoms with E-state index in [0.29, 0.717) is 4.68 Å². The van der Waals surface area contributed by atoms with Crippen molar-refractivity contribution >= 4 is 0 Å². The minimum absolute atomic E-state index is 0.579. The molecule has 0 saturated heterocycles. The molecule has 1 rings (SSSR count). The molecule has 4 nitrogen and oxygen atoms in total. The maximum Gasteiger partial charge on any atom is 0.366 e. The van der Waals surface area contributed by atoms with Crippen LogP contribution in [-0.4, -0.2) is 9.66 Å². The SMILES string of the molecule is Nn1cc(F)cnc1=O. The quantitative estimate of drug-likeness (QED) is 0.461. The average molecular weight is 129 g/mol. The Morgan fingerprint density at radius 3 is 2.89 bits per heavy atom. The Labute approximate surface area is 49.7 Å². The van der Waals surface area contributed by atoms with Gasteiger partial charge in [-0.3, -0.25) is 0 Å². The average Bonchev–Trinajstić information content (AvgIpc) is 1.80. The minimum Gasteiger partial charge on any atom is -0.335 e. The third kappa shape index (κ3) is 1.04. The van der Waals surface area contributed by atoms with Crippen LogP contribution in [-0.2, 0) is 0 Å². The van der Waals surface area contributed by atoms with Crippen molar-refractivity contribution in [3.63, 3.8) is 0 Å². The van der Waals surface area contributed by atoms with Gasteiger partial charge in [0, 0.05) is 0 Å². The van der Waals surface area contributed by atoms with E-state index in [9.17, 15) is 9.18 Å². The molecular weight excluding hydrogens is 125 g/mol. The van der Waals surface area contributed by atoms with E-state index in [1.807, 2.05) is 0 Å². The number of aromatic nitrogens is 2. The second-order valence-electron chi connectivity index (χ2n) is 1.46. The highest BCUT2D eigenvalue weighted by atomic mass is 19.1. The van der Waals surface area contributed by atoms with E-state index in [1.165, 1.54) is 0 Å². The summed E-state index contributed by atoms with van der Waals surface area (Å²) in [5.74, 6) is 4.29. The second-order valence-corrected chi connectivity index (χ2v) is 1.46. The van der Waals surface area contributed by atoms with Gasteiger partial charge in [-0.2, -0.15) is 4.98 Å². The summed E-state index contributed by atoms with van der Waals surface area (Å²) < 4.78 is 12.6. The van der Waals surface area contributed by atoms with Gasteiger partial charge < -0.3 is 5.84 Å². The predicted molar refractivity (Wildman–Crippen MR) is 28.6 cm³/mol. The Balaban J connectivity index is 3.34. The van der Waals surface area contributed by atoms with Gasteiger partial charge in [-0.15, -0.1) is 0 Å². The van der Waals surface area contributed by atoms with Crippen LogP contribution < -0.4 is 11.5 Å². The number of nitrogens with zero attached hydrogens (tertiary/aromatic N) is 2. The lowest BCUT2D eigenvalue weighted by molar-refractivity contribution is 0.597. The van der Waals surface area contributed by atoms with Gasteiger partial charge in [0.15, 0.2) is 5.82 Å². The fourth-order valence-electron chi connectivity index (χ4n) is 0.405. The lowest BCUT2D eigenvalue weighted by Gasteiger charge is -1.91. The minimum atomic E-state index is -0.670. The number of hydrogen-bond donors (Lipinski definition) is 1. The van der Waals surface area contributed by atoms with Crippen molar-refractivity contribution in [1.29, 1.82) is 0 Å². The molecule has 0 saturated carbocycles. The van der Waals surface area contributed by atoms with Crippen molar-refractivity contribution in [2.45, 2.75) is 0 Å². The smallest absolute Gasteiger partial charge is 0.335 e. The summed E-state index contributed by atoms with van der Waals surface area (Å²) >= 11 is 0. The molecule has 0 bridgehead atoms. The maximum atomic E-state index is 12.0. The van der Waals surface area contributed by atoms with E-state index >= 15 is 0 Å². The predicted octanol–water partition coefficient (Wildman–Crippen LogP) is -0.904. The molecule has 48 valence electrons. The summed E-state index contributed by atoms with van der Waals surface area (Å²) in [6, 6.07) is 0. The molecule has 0 unspecified atom stereocenters. The molecule has 0 spiro atoms. The van der Waals surface area contributed by atoms with Crippen LogP contribution in [0.25, 0.3) is 0 Å². The third-order valence-corrected chi connectivity index (χ3v) is 0.782.